The molecule has 0 heterocycles. The monoisotopic (exact) mass is 263 g/mol. The third kappa shape index (κ3) is 4.89. The van der Waals surface area contributed by atoms with Gasteiger partial charge in [-0.15, -0.1) is 0 Å². The predicted octanol–water partition coefficient (Wildman–Crippen LogP) is 1.30. The molecule has 0 aromatic heterocycles. The van der Waals surface area contributed by atoms with E-state index in [1.54, 1.807) is 0 Å². The van der Waals surface area contributed by atoms with Crippen LogP contribution >= 0.6 is 0 Å². The zero-order chi connectivity index (χ0) is 13.5. The standard InChI is InChI=1S/C14H21N3O2/c15-14(17-18)13-5-3-11(4-6-13)9-16-7-8-19-10-12-1-2-12/h3-6,12,16,18H,1-2,7-10H2,(H2,15,17). The van der Waals surface area contributed by atoms with Gasteiger partial charge in [-0.2, -0.15) is 0 Å². The molecule has 2 rings (SSSR count). The minimum Gasteiger partial charge on any atom is -0.409 e. The van der Waals surface area contributed by atoms with Crippen molar-refractivity contribution in [3.63, 3.8) is 0 Å². The molecule has 0 saturated heterocycles. The number of benzene rings is 1. The first-order valence-electron chi connectivity index (χ1n) is 6.65. The van der Waals surface area contributed by atoms with Gasteiger partial charge in [0, 0.05) is 25.3 Å². The quantitative estimate of drug-likeness (QED) is 0.217. The summed E-state index contributed by atoms with van der Waals surface area (Å²) in [5.41, 5.74) is 7.38. The van der Waals surface area contributed by atoms with Crippen LogP contribution in [0.2, 0.25) is 0 Å². The van der Waals surface area contributed by atoms with Crippen molar-refractivity contribution >= 4 is 5.84 Å². The number of amidine groups is 1. The van der Waals surface area contributed by atoms with Crippen LogP contribution in [0.5, 0.6) is 0 Å². The third-order valence-corrected chi connectivity index (χ3v) is 3.16. The number of nitrogens with one attached hydrogen (secondary N) is 1. The first kappa shape index (κ1) is 13.8. The van der Waals surface area contributed by atoms with Gasteiger partial charge in [0.25, 0.3) is 0 Å². The van der Waals surface area contributed by atoms with Crippen molar-refractivity contribution in [3.05, 3.63) is 35.4 Å². The molecule has 0 atom stereocenters. The van der Waals surface area contributed by atoms with E-state index < -0.39 is 0 Å². The second-order valence-electron chi connectivity index (χ2n) is 4.88. The number of oxime groups is 1. The van der Waals surface area contributed by atoms with Crippen LogP contribution in [0.25, 0.3) is 0 Å². The molecule has 0 radical (unpaired) electrons. The fraction of sp³-hybridized carbons (Fsp3) is 0.500. The van der Waals surface area contributed by atoms with Crippen LogP contribution in [0.3, 0.4) is 0 Å². The minimum atomic E-state index is 0.132. The Morgan fingerprint density at radius 2 is 2.11 bits per heavy atom. The van der Waals surface area contributed by atoms with Crippen LogP contribution in [0, 0.1) is 5.92 Å². The van der Waals surface area contributed by atoms with Gasteiger partial charge in [-0.3, -0.25) is 0 Å². The molecule has 1 aliphatic rings. The number of ether oxygens (including phenoxy) is 1. The summed E-state index contributed by atoms with van der Waals surface area (Å²) in [5.74, 6) is 0.958. The highest BCUT2D eigenvalue weighted by Crippen LogP contribution is 2.28. The molecule has 19 heavy (non-hydrogen) atoms. The summed E-state index contributed by atoms with van der Waals surface area (Å²) in [5, 5.41) is 14.8. The summed E-state index contributed by atoms with van der Waals surface area (Å²) in [4.78, 5) is 0. The van der Waals surface area contributed by atoms with Gasteiger partial charge in [0.05, 0.1) is 6.61 Å². The minimum absolute atomic E-state index is 0.132. The van der Waals surface area contributed by atoms with Crippen molar-refractivity contribution in [3.8, 4) is 0 Å². The van der Waals surface area contributed by atoms with Crippen molar-refractivity contribution in [1.29, 1.82) is 0 Å². The normalized spacial score (nSPS) is 15.7. The van der Waals surface area contributed by atoms with E-state index in [4.69, 9.17) is 15.7 Å². The number of hydrogen-bond acceptors (Lipinski definition) is 4. The van der Waals surface area contributed by atoms with E-state index in [-0.39, 0.29) is 5.84 Å². The molecule has 1 fully saturated rings. The zero-order valence-electron chi connectivity index (χ0n) is 11.0. The molecule has 0 aliphatic heterocycles. The molecule has 0 unspecified atom stereocenters. The molecule has 4 N–H and O–H groups in total. The summed E-state index contributed by atoms with van der Waals surface area (Å²) >= 11 is 0. The van der Waals surface area contributed by atoms with Crippen LogP contribution in [-0.4, -0.2) is 30.8 Å². The van der Waals surface area contributed by atoms with Crippen LogP contribution in [-0.2, 0) is 11.3 Å². The van der Waals surface area contributed by atoms with Gasteiger partial charge >= 0.3 is 0 Å². The number of hydrogen-bond donors (Lipinski definition) is 3. The summed E-state index contributed by atoms with van der Waals surface area (Å²) < 4.78 is 5.54. The van der Waals surface area contributed by atoms with Crippen molar-refractivity contribution in [2.75, 3.05) is 19.8 Å². The Labute approximate surface area is 113 Å². The predicted molar refractivity (Wildman–Crippen MR) is 74.2 cm³/mol. The second-order valence-corrected chi connectivity index (χ2v) is 4.88. The highest BCUT2D eigenvalue weighted by Gasteiger charge is 2.20. The highest BCUT2D eigenvalue weighted by molar-refractivity contribution is 5.96. The maximum Gasteiger partial charge on any atom is 0.170 e. The van der Waals surface area contributed by atoms with Crippen molar-refractivity contribution in [2.45, 2.75) is 19.4 Å². The van der Waals surface area contributed by atoms with Gasteiger partial charge < -0.3 is 21.0 Å². The Morgan fingerprint density at radius 3 is 2.74 bits per heavy atom. The zero-order valence-corrected chi connectivity index (χ0v) is 11.0. The first-order chi connectivity index (χ1) is 9.29. The van der Waals surface area contributed by atoms with E-state index in [1.165, 1.54) is 12.8 Å². The van der Waals surface area contributed by atoms with Crippen LogP contribution in [0.4, 0.5) is 0 Å². The Morgan fingerprint density at radius 1 is 1.37 bits per heavy atom. The van der Waals surface area contributed by atoms with Gasteiger partial charge in [0.15, 0.2) is 5.84 Å². The summed E-state index contributed by atoms with van der Waals surface area (Å²) in [6, 6.07) is 7.61. The second kappa shape index (κ2) is 7.11. The van der Waals surface area contributed by atoms with E-state index in [0.29, 0.717) is 0 Å². The number of nitrogens with zero attached hydrogens (tertiary/aromatic N) is 1. The molecule has 0 spiro atoms. The molecule has 0 bridgehead atoms. The van der Waals surface area contributed by atoms with Gasteiger partial charge in [-0.05, 0) is 24.3 Å². The molecule has 5 nitrogen and oxygen atoms in total. The van der Waals surface area contributed by atoms with E-state index in [2.05, 4.69) is 10.5 Å². The van der Waals surface area contributed by atoms with E-state index in [0.717, 1.165) is 43.3 Å². The van der Waals surface area contributed by atoms with Crippen molar-refractivity contribution < 1.29 is 9.94 Å². The van der Waals surface area contributed by atoms with Crippen molar-refractivity contribution in [1.82, 2.24) is 5.32 Å². The number of rotatable bonds is 8. The first-order valence-corrected chi connectivity index (χ1v) is 6.65. The lowest BCUT2D eigenvalue weighted by Crippen LogP contribution is -2.20. The van der Waals surface area contributed by atoms with Crippen LogP contribution in [0.15, 0.2) is 29.4 Å². The molecule has 5 heteroatoms. The molecule has 104 valence electrons. The van der Waals surface area contributed by atoms with E-state index in [9.17, 15) is 0 Å². The largest absolute Gasteiger partial charge is 0.409 e. The molecule has 1 aromatic carbocycles. The van der Waals surface area contributed by atoms with Gasteiger partial charge in [-0.25, -0.2) is 0 Å². The SMILES string of the molecule is N/C(=N/O)c1ccc(CNCCOCC2CC2)cc1. The molecule has 1 aromatic rings. The fourth-order valence-corrected chi connectivity index (χ4v) is 1.76. The third-order valence-electron chi connectivity index (χ3n) is 3.16. The summed E-state index contributed by atoms with van der Waals surface area (Å²) in [6.45, 7) is 3.33. The van der Waals surface area contributed by atoms with Crippen molar-refractivity contribution in [2.24, 2.45) is 16.8 Å². The van der Waals surface area contributed by atoms with Gasteiger partial charge in [-0.1, -0.05) is 29.4 Å². The summed E-state index contributed by atoms with van der Waals surface area (Å²) in [6.07, 6.45) is 2.67. The number of nitrogens with two attached hydrogens (primary N) is 1. The smallest absolute Gasteiger partial charge is 0.170 e. The van der Waals surface area contributed by atoms with Crippen LogP contribution in [0.1, 0.15) is 24.0 Å². The van der Waals surface area contributed by atoms with Crippen LogP contribution < -0.4 is 11.1 Å². The highest BCUT2D eigenvalue weighted by atomic mass is 16.5. The van der Waals surface area contributed by atoms with Gasteiger partial charge in [0.1, 0.15) is 0 Å². The Bertz CT molecular complexity index is 413. The lowest BCUT2D eigenvalue weighted by atomic mass is 10.1. The molecule has 0 amide bonds. The Hall–Kier alpha value is -1.59. The maximum absolute atomic E-state index is 8.56. The lowest BCUT2D eigenvalue weighted by Gasteiger charge is -2.06. The topological polar surface area (TPSA) is 79.9 Å². The lowest BCUT2D eigenvalue weighted by molar-refractivity contribution is 0.126. The maximum atomic E-state index is 8.56. The Balaban J connectivity index is 1.62. The van der Waals surface area contributed by atoms with E-state index in [1.807, 2.05) is 24.3 Å². The average molecular weight is 263 g/mol. The summed E-state index contributed by atoms with van der Waals surface area (Å²) in [7, 11) is 0. The molecular weight excluding hydrogens is 242 g/mol. The fourth-order valence-electron chi connectivity index (χ4n) is 1.76. The molecule has 1 aliphatic carbocycles. The average Bonchev–Trinajstić information content (AvgIpc) is 3.26. The molecular formula is C14H21N3O2. The van der Waals surface area contributed by atoms with E-state index >= 15 is 0 Å². The van der Waals surface area contributed by atoms with Gasteiger partial charge in [0.2, 0.25) is 0 Å². The molecule has 1 saturated carbocycles. The Kier molecular flexibility index (Phi) is 5.18.